The van der Waals surface area contributed by atoms with Crippen LogP contribution in [0.15, 0.2) is 85.5 Å². The number of benzene rings is 3. The van der Waals surface area contributed by atoms with Crippen molar-refractivity contribution in [3.8, 4) is 10.6 Å². The van der Waals surface area contributed by atoms with E-state index in [-0.39, 0.29) is 11.9 Å². The van der Waals surface area contributed by atoms with Crippen LogP contribution in [-0.2, 0) is 33.1 Å². The molecule has 0 bridgehead atoms. The number of hydrogen-bond acceptors (Lipinski definition) is 7. The van der Waals surface area contributed by atoms with E-state index in [4.69, 9.17) is 19.2 Å². The van der Waals surface area contributed by atoms with E-state index in [2.05, 4.69) is 40.4 Å². The molecule has 2 aromatic heterocycles. The molecule has 6 rings (SSSR count). The van der Waals surface area contributed by atoms with Crippen molar-refractivity contribution < 1.29 is 18.6 Å². The molecule has 2 unspecified atom stereocenters. The first-order valence-corrected chi connectivity index (χ1v) is 12.4. The van der Waals surface area contributed by atoms with Gasteiger partial charge in [0.05, 0.1) is 30.0 Å². The summed E-state index contributed by atoms with van der Waals surface area (Å²) in [6, 6.07) is 22.5. The van der Waals surface area contributed by atoms with Gasteiger partial charge in [-0.3, -0.25) is 0 Å². The normalized spacial score (nSPS) is 19.8. The molecule has 182 valence electrons. The van der Waals surface area contributed by atoms with Crippen LogP contribution in [0.1, 0.15) is 11.1 Å². The topological polar surface area (TPSA) is 71.3 Å². The zero-order valence-electron chi connectivity index (χ0n) is 19.3. The van der Waals surface area contributed by atoms with E-state index < -0.39 is 5.79 Å². The number of ether oxygens (including phenoxy) is 3. The van der Waals surface area contributed by atoms with Gasteiger partial charge in [-0.25, -0.2) is 19.0 Å². The molecule has 0 N–H and O–H groups in total. The van der Waals surface area contributed by atoms with Crippen molar-refractivity contribution >= 4 is 21.6 Å². The van der Waals surface area contributed by atoms with Gasteiger partial charge < -0.3 is 14.2 Å². The van der Waals surface area contributed by atoms with Crippen LogP contribution in [0.4, 0.5) is 4.39 Å². The Bertz CT molecular complexity index is 1410. The second-order valence-corrected chi connectivity index (χ2v) is 9.63. The van der Waals surface area contributed by atoms with Crippen molar-refractivity contribution in [2.75, 3.05) is 13.2 Å². The maximum Gasteiger partial charge on any atom is 0.215 e. The van der Waals surface area contributed by atoms with E-state index in [1.807, 2.05) is 18.2 Å². The summed E-state index contributed by atoms with van der Waals surface area (Å²) in [6.45, 7) is 1.46. The minimum atomic E-state index is -1.09. The highest BCUT2D eigenvalue weighted by molar-refractivity contribution is 7.21. The van der Waals surface area contributed by atoms with Crippen molar-refractivity contribution in [2.45, 2.75) is 25.0 Å². The lowest BCUT2D eigenvalue weighted by atomic mass is 10.1. The number of aromatic nitrogens is 4. The molecule has 1 aliphatic heterocycles. The van der Waals surface area contributed by atoms with E-state index in [1.54, 1.807) is 34.5 Å². The van der Waals surface area contributed by atoms with Crippen LogP contribution >= 0.6 is 11.3 Å². The first kappa shape index (κ1) is 22.9. The molecular formula is C27H23FN4O3S. The molecule has 0 amide bonds. The van der Waals surface area contributed by atoms with Crippen molar-refractivity contribution in [3.63, 3.8) is 0 Å². The lowest BCUT2D eigenvalue weighted by Crippen LogP contribution is -2.34. The highest BCUT2D eigenvalue weighted by Gasteiger charge is 2.44. The SMILES string of the molecule is Fc1ccc(C2(Cn3cncn3)OCC(COCc3ccc(-c4nc5ccccc5s4)cc3)O2)cc1. The molecule has 0 radical (unpaired) electrons. The molecule has 1 aliphatic rings. The fourth-order valence-corrected chi connectivity index (χ4v) is 5.22. The van der Waals surface area contributed by atoms with Crippen LogP contribution in [0.5, 0.6) is 0 Å². The van der Waals surface area contributed by atoms with E-state index in [0.717, 1.165) is 21.7 Å². The Balaban J connectivity index is 1.08. The zero-order chi connectivity index (χ0) is 24.4. The molecular weight excluding hydrogens is 479 g/mol. The van der Waals surface area contributed by atoms with Crippen molar-refractivity contribution in [2.24, 2.45) is 0 Å². The van der Waals surface area contributed by atoms with Gasteiger partial charge in [-0.2, -0.15) is 5.10 Å². The third-order valence-corrected chi connectivity index (χ3v) is 7.13. The maximum absolute atomic E-state index is 13.5. The van der Waals surface area contributed by atoms with Crippen LogP contribution in [0.2, 0.25) is 0 Å². The number of thiazole rings is 1. The quantitative estimate of drug-likeness (QED) is 0.291. The van der Waals surface area contributed by atoms with Crippen LogP contribution in [0, 0.1) is 5.82 Å². The number of rotatable bonds is 8. The van der Waals surface area contributed by atoms with Crippen molar-refractivity contribution in [1.82, 2.24) is 19.7 Å². The van der Waals surface area contributed by atoms with Gasteiger partial charge in [0.15, 0.2) is 0 Å². The van der Waals surface area contributed by atoms with E-state index >= 15 is 0 Å². The van der Waals surface area contributed by atoms with Gasteiger partial charge in [0.25, 0.3) is 0 Å². The Labute approximate surface area is 211 Å². The summed E-state index contributed by atoms with van der Waals surface area (Å²) >= 11 is 1.69. The Morgan fingerprint density at radius 1 is 1.06 bits per heavy atom. The predicted octanol–water partition coefficient (Wildman–Crippen LogP) is 5.18. The summed E-state index contributed by atoms with van der Waals surface area (Å²) < 4.78 is 34.8. The molecule has 0 aliphatic carbocycles. The minimum absolute atomic E-state index is 0.277. The lowest BCUT2D eigenvalue weighted by Gasteiger charge is -2.28. The fraction of sp³-hybridized carbons (Fsp3) is 0.222. The number of hydrogen-bond donors (Lipinski definition) is 0. The van der Waals surface area contributed by atoms with E-state index in [0.29, 0.717) is 31.9 Å². The first-order valence-electron chi connectivity index (χ1n) is 11.6. The molecule has 9 heteroatoms. The van der Waals surface area contributed by atoms with Gasteiger partial charge in [-0.15, -0.1) is 11.3 Å². The number of halogens is 1. The smallest absolute Gasteiger partial charge is 0.215 e. The average molecular weight is 503 g/mol. The summed E-state index contributed by atoms with van der Waals surface area (Å²) in [4.78, 5) is 8.72. The lowest BCUT2D eigenvalue weighted by molar-refractivity contribution is -0.193. The van der Waals surface area contributed by atoms with E-state index in [1.165, 1.54) is 23.2 Å². The molecule has 3 aromatic carbocycles. The third kappa shape index (κ3) is 4.78. The summed E-state index contributed by atoms with van der Waals surface area (Å²) in [5.41, 5.74) is 3.88. The fourth-order valence-electron chi connectivity index (χ4n) is 4.25. The van der Waals surface area contributed by atoms with Crippen LogP contribution in [0.25, 0.3) is 20.8 Å². The Morgan fingerprint density at radius 3 is 2.67 bits per heavy atom. The highest BCUT2D eigenvalue weighted by Crippen LogP contribution is 2.36. The second-order valence-electron chi connectivity index (χ2n) is 8.60. The summed E-state index contributed by atoms with van der Waals surface area (Å²) in [6.07, 6.45) is 2.77. The Hall–Kier alpha value is -3.50. The Kier molecular flexibility index (Phi) is 6.28. The van der Waals surface area contributed by atoms with E-state index in [9.17, 15) is 4.39 Å². The predicted molar refractivity (Wildman–Crippen MR) is 134 cm³/mol. The molecule has 0 spiro atoms. The van der Waals surface area contributed by atoms with Gasteiger partial charge >= 0.3 is 0 Å². The van der Waals surface area contributed by atoms with Gasteiger partial charge in [0.2, 0.25) is 5.79 Å². The second kappa shape index (κ2) is 9.87. The number of nitrogens with zero attached hydrogens (tertiary/aromatic N) is 4. The molecule has 2 atom stereocenters. The number of para-hydroxylation sites is 1. The van der Waals surface area contributed by atoms with Gasteiger partial charge in [0, 0.05) is 11.1 Å². The average Bonchev–Trinajstić information content (AvgIpc) is 3.66. The molecule has 1 fully saturated rings. The van der Waals surface area contributed by atoms with Crippen LogP contribution in [0.3, 0.4) is 0 Å². The van der Waals surface area contributed by atoms with Crippen molar-refractivity contribution in [3.05, 3.63) is 102 Å². The molecule has 5 aromatic rings. The molecule has 7 nitrogen and oxygen atoms in total. The monoisotopic (exact) mass is 502 g/mol. The summed E-state index contributed by atoms with van der Waals surface area (Å²) in [7, 11) is 0. The van der Waals surface area contributed by atoms with Crippen LogP contribution < -0.4 is 0 Å². The maximum atomic E-state index is 13.5. The zero-order valence-corrected chi connectivity index (χ0v) is 20.1. The summed E-state index contributed by atoms with van der Waals surface area (Å²) in [5, 5.41) is 5.18. The van der Waals surface area contributed by atoms with Gasteiger partial charge in [-0.1, -0.05) is 48.5 Å². The Morgan fingerprint density at radius 2 is 1.89 bits per heavy atom. The number of fused-ring (bicyclic) bond motifs is 1. The summed E-state index contributed by atoms with van der Waals surface area (Å²) in [5.74, 6) is -1.41. The molecule has 1 saturated heterocycles. The highest BCUT2D eigenvalue weighted by atomic mass is 32.1. The molecule has 0 saturated carbocycles. The van der Waals surface area contributed by atoms with Gasteiger partial charge in [-0.05, 0) is 29.8 Å². The van der Waals surface area contributed by atoms with Crippen molar-refractivity contribution in [1.29, 1.82) is 0 Å². The molecule has 36 heavy (non-hydrogen) atoms. The van der Waals surface area contributed by atoms with Crippen LogP contribution in [-0.4, -0.2) is 39.1 Å². The minimum Gasteiger partial charge on any atom is -0.374 e. The standard InChI is InChI=1S/C27H23FN4O3S/c28-22-11-9-21(10-12-22)27(16-32-18-29-17-30-32)34-15-23(35-27)14-33-13-19-5-7-20(8-6-19)26-31-24-3-1-2-4-25(24)36-26/h1-12,17-18,23H,13-16H2. The van der Waals surface area contributed by atoms with Gasteiger partial charge in [0.1, 0.15) is 36.1 Å². The molecule has 3 heterocycles. The third-order valence-electron chi connectivity index (χ3n) is 6.05. The first-order chi connectivity index (χ1) is 17.7. The largest absolute Gasteiger partial charge is 0.374 e.